The maximum absolute atomic E-state index is 14.5. The minimum atomic E-state index is -2.09. The van der Waals surface area contributed by atoms with Crippen molar-refractivity contribution in [2.24, 2.45) is 0 Å². The summed E-state index contributed by atoms with van der Waals surface area (Å²) in [5.41, 5.74) is -1.48. The molecule has 2 heterocycles. The molecule has 0 radical (unpaired) electrons. The Bertz CT molecular complexity index is 651. The fourth-order valence-electron chi connectivity index (χ4n) is 1.82. The SMILES string of the molecule is FC1=CC=CC(F)(c2nc(-c3cccnc3)no2)C1. The van der Waals surface area contributed by atoms with Crippen LogP contribution in [0.5, 0.6) is 0 Å². The molecule has 96 valence electrons. The average molecular weight is 261 g/mol. The summed E-state index contributed by atoms with van der Waals surface area (Å²) in [6.45, 7) is 0. The van der Waals surface area contributed by atoms with Gasteiger partial charge in [0, 0.05) is 24.4 Å². The number of aromatic nitrogens is 3. The van der Waals surface area contributed by atoms with Crippen LogP contribution in [-0.2, 0) is 5.67 Å². The Kier molecular flexibility index (Phi) is 2.70. The van der Waals surface area contributed by atoms with E-state index in [9.17, 15) is 8.78 Å². The summed E-state index contributed by atoms with van der Waals surface area (Å²) < 4.78 is 32.6. The van der Waals surface area contributed by atoms with E-state index >= 15 is 0 Å². The van der Waals surface area contributed by atoms with Crippen molar-refractivity contribution in [2.75, 3.05) is 0 Å². The normalized spacial score (nSPS) is 22.3. The third kappa shape index (κ3) is 2.16. The quantitative estimate of drug-likeness (QED) is 0.833. The minimum Gasteiger partial charge on any atom is -0.335 e. The maximum Gasteiger partial charge on any atom is 0.269 e. The molecule has 2 aromatic heterocycles. The molecule has 0 saturated carbocycles. The van der Waals surface area contributed by atoms with Gasteiger partial charge in [0.25, 0.3) is 5.89 Å². The smallest absolute Gasteiger partial charge is 0.269 e. The lowest BCUT2D eigenvalue weighted by molar-refractivity contribution is 0.155. The van der Waals surface area contributed by atoms with Gasteiger partial charge in [-0.1, -0.05) is 11.2 Å². The second kappa shape index (κ2) is 4.38. The fraction of sp³-hybridized carbons (Fsp3) is 0.154. The first-order chi connectivity index (χ1) is 9.17. The molecule has 1 aliphatic carbocycles. The van der Waals surface area contributed by atoms with E-state index in [4.69, 9.17) is 4.52 Å². The van der Waals surface area contributed by atoms with Gasteiger partial charge in [-0.15, -0.1) is 0 Å². The molecule has 0 fully saturated rings. The minimum absolute atomic E-state index is 0.225. The third-order valence-corrected chi connectivity index (χ3v) is 2.76. The van der Waals surface area contributed by atoms with E-state index in [1.807, 2.05) is 0 Å². The van der Waals surface area contributed by atoms with Crippen molar-refractivity contribution in [1.82, 2.24) is 15.1 Å². The number of hydrogen-bond acceptors (Lipinski definition) is 4. The molecule has 4 nitrogen and oxygen atoms in total. The summed E-state index contributed by atoms with van der Waals surface area (Å²) >= 11 is 0. The van der Waals surface area contributed by atoms with Gasteiger partial charge in [0.2, 0.25) is 11.5 Å². The van der Waals surface area contributed by atoms with Crippen LogP contribution in [0.15, 0.2) is 53.1 Å². The average Bonchev–Trinajstić information content (AvgIpc) is 2.90. The summed E-state index contributed by atoms with van der Waals surface area (Å²) in [5, 5.41) is 3.69. The lowest BCUT2D eigenvalue weighted by atomic mass is 9.96. The topological polar surface area (TPSA) is 51.8 Å². The highest BCUT2D eigenvalue weighted by Gasteiger charge is 2.38. The third-order valence-electron chi connectivity index (χ3n) is 2.76. The molecule has 0 aromatic carbocycles. The molecule has 1 unspecified atom stereocenters. The molecule has 1 atom stereocenters. The number of rotatable bonds is 2. The summed E-state index contributed by atoms with van der Waals surface area (Å²) in [7, 11) is 0. The van der Waals surface area contributed by atoms with E-state index in [0.717, 1.165) is 0 Å². The van der Waals surface area contributed by atoms with Gasteiger partial charge in [-0.05, 0) is 24.3 Å². The molecular formula is C13H9F2N3O. The van der Waals surface area contributed by atoms with E-state index in [-0.39, 0.29) is 11.7 Å². The van der Waals surface area contributed by atoms with Crippen LogP contribution in [0.3, 0.4) is 0 Å². The van der Waals surface area contributed by atoms with Crippen LogP contribution in [0.4, 0.5) is 8.78 Å². The highest BCUT2D eigenvalue weighted by Crippen LogP contribution is 2.37. The summed E-state index contributed by atoms with van der Waals surface area (Å²) in [4.78, 5) is 7.89. The van der Waals surface area contributed by atoms with Gasteiger partial charge in [-0.2, -0.15) is 4.98 Å². The van der Waals surface area contributed by atoms with Crippen molar-refractivity contribution in [3.63, 3.8) is 0 Å². The van der Waals surface area contributed by atoms with Crippen LogP contribution in [0.1, 0.15) is 12.3 Å². The van der Waals surface area contributed by atoms with E-state index in [2.05, 4.69) is 15.1 Å². The predicted molar refractivity (Wildman–Crippen MR) is 63.3 cm³/mol. The van der Waals surface area contributed by atoms with Crippen LogP contribution in [0.25, 0.3) is 11.4 Å². The first-order valence-electron chi connectivity index (χ1n) is 5.65. The van der Waals surface area contributed by atoms with Crippen molar-refractivity contribution in [1.29, 1.82) is 0 Å². The zero-order valence-electron chi connectivity index (χ0n) is 9.75. The van der Waals surface area contributed by atoms with Crippen LogP contribution in [-0.4, -0.2) is 15.1 Å². The van der Waals surface area contributed by atoms with Gasteiger partial charge in [0.1, 0.15) is 5.83 Å². The van der Waals surface area contributed by atoms with Gasteiger partial charge in [0.05, 0.1) is 0 Å². The molecule has 0 amide bonds. The number of halogens is 2. The van der Waals surface area contributed by atoms with Crippen LogP contribution in [0, 0.1) is 0 Å². The molecular weight excluding hydrogens is 252 g/mol. The van der Waals surface area contributed by atoms with Crippen molar-refractivity contribution >= 4 is 0 Å². The Balaban J connectivity index is 1.94. The molecule has 19 heavy (non-hydrogen) atoms. The van der Waals surface area contributed by atoms with Gasteiger partial charge in [-0.3, -0.25) is 4.98 Å². The van der Waals surface area contributed by atoms with Crippen LogP contribution < -0.4 is 0 Å². The number of allylic oxidation sites excluding steroid dienone is 4. The second-order valence-corrected chi connectivity index (χ2v) is 4.18. The van der Waals surface area contributed by atoms with Crippen molar-refractivity contribution in [2.45, 2.75) is 12.1 Å². The van der Waals surface area contributed by atoms with Gasteiger partial charge >= 0.3 is 0 Å². The molecule has 0 bridgehead atoms. The van der Waals surface area contributed by atoms with E-state index in [0.29, 0.717) is 5.56 Å². The zero-order valence-corrected chi connectivity index (χ0v) is 9.75. The molecule has 3 rings (SSSR count). The Morgan fingerprint density at radius 2 is 2.26 bits per heavy atom. The van der Waals surface area contributed by atoms with Gasteiger partial charge in [-0.25, -0.2) is 8.78 Å². The number of hydrogen-bond donors (Lipinski definition) is 0. The first kappa shape index (κ1) is 11.7. The fourth-order valence-corrected chi connectivity index (χ4v) is 1.82. The van der Waals surface area contributed by atoms with Crippen molar-refractivity contribution in [3.05, 3.63) is 54.5 Å². The summed E-state index contributed by atoms with van der Waals surface area (Å²) in [6, 6.07) is 3.43. The molecule has 0 N–H and O–H groups in total. The molecule has 1 aliphatic rings. The zero-order chi connectivity index (χ0) is 13.3. The lowest BCUT2D eigenvalue weighted by Crippen LogP contribution is -2.19. The Morgan fingerprint density at radius 1 is 1.37 bits per heavy atom. The van der Waals surface area contributed by atoms with Crippen molar-refractivity contribution in [3.8, 4) is 11.4 Å². The van der Waals surface area contributed by atoms with E-state index < -0.39 is 17.9 Å². The lowest BCUT2D eigenvalue weighted by Gasteiger charge is -2.18. The molecule has 2 aromatic rings. The molecule has 0 spiro atoms. The summed E-state index contributed by atoms with van der Waals surface area (Å²) in [5.74, 6) is -0.597. The molecule has 6 heteroatoms. The van der Waals surface area contributed by atoms with E-state index in [1.165, 1.54) is 24.4 Å². The number of nitrogens with zero attached hydrogens (tertiary/aromatic N) is 3. The van der Waals surface area contributed by atoms with Crippen molar-refractivity contribution < 1.29 is 13.3 Å². The second-order valence-electron chi connectivity index (χ2n) is 4.18. The van der Waals surface area contributed by atoms with Crippen LogP contribution in [0.2, 0.25) is 0 Å². The standard InChI is InChI=1S/C13H9F2N3O/c14-10-4-1-5-13(15,7-10)12-17-11(18-19-12)9-3-2-6-16-8-9/h1-6,8H,7H2. The molecule has 0 saturated heterocycles. The predicted octanol–water partition coefficient (Wildman–Crippen LogP) is 3.11. The van der Waals surface area contributed by atoms with Gasteiger partial charge in [0.15, 0.2) is 0 Å². The first-order valence-corrected chi connectivity index (χ1v) is 5.65. The Morgan fingerprint density at radius 3 is 3.00 bits per heavy atom. The number of alkyl halides is 1. The Labute approximate surface area is 107 Å². The monoisotopic (exact) mass is 261 g/mol. The largest absolute Gasteiger partial charge is 0.335 e. The Hall–Kier alpha value is -2.37. The van der Waals surface area contributed by atoms with Gasteiger partial charge < -0.3 is 4.52 Å². The summed E-state index contributed by atoms with van der Waals surface area (Å²) in [6.07, 6.45) is 6.42. The highest BCUT2D eigenvalue weighted by molar-refractivity contribution is 5.52. The molecule has 0 aliphatic heterocycles. The number of pyridine rings is 1. The van der Waals surface area contributed by atoms with Crippen LogP contribution >= 0.6 is 0 Å². The highest BCUT2D eigenvalue weighted by atomic mass is 19.1. The maximum atomic E-state index is 14.5. The van der Waals surface area contributed by atoms with E-state index in [1.54, 1.807) is 18.3 Å².